The smallest absolute Gasteiger partial charge is 0.354 e. The number of amides is 2. The van der Waals surface area contributed by atoms with Gasteiger partial charge >= 0.3 is 6.18 Å². The van der Waals surface area contributed by atoms with Crippen LogP contribution in [0.1, 0.15) is 37.8 Å². The summed E-state index contributed by atoms with van der Waals surface area (Å²) >= 11 is 6.00. The lowest BCUT2D eigenvalue weighted by Gasteiger charge is -2.33. The van der Waals surface area contributed by atoms with E-state index in [0.29, 0.717) is 33.9 Å². The fourth-order valence-electron chi connectivity index (χ4n) is 4.16. The van der Waals surface area contributed by atoms with Gasteiger partial charge in [0.1, 0.15) is 12.6 Å². The van der Waals surface area contributed by atoms with Crippen LogP contribution in [0.4, 0.5) is 18.9 Å². The monoisotopic (exact) mass is 609 g/mol. The Bertz CT molecular complexity index is 1440. The molecular weight excluding hydrogens is 579 g/mol. The van der Waals surface area contributed by atoms with Gasteiger partial charge < -0.3 is 10.2 Å². The summed E-state index contributed by atoms with van der Waals surface area (Å²) in [4.78, 5) is 28.0. The molecule has 7 nitrogen and oxygen atoms in total. The minimum atomic E-state index is -4.74. The first-order valence-electron chi connectivity index (χ1n) is 12.9. The van der Waals surface area contributed by atoms with Crippen molar-refractivity contribution in [3.05, 3.63) is 95.0 Å². The molecule has 0 spiro atoms. The number of carbonyl (C=O) groups is 2. The van der Waals surface area contributed by atoms with Crippen molar-refractivity contribution in [1.29, 1.82) is 0 Å². The van der Waals surface area contributed by atoms with Gasteiger partial charge in [0.25, 0.3) is 10.0 Å². The number of hydrogen-bond donors (Lipinski definition) is 1. The van der Waals surface area contributed by atoms with E-state index in [-0.39, 0.29) is 23.5 Å². The predicted octanol–water partition coefficient (Wildman–Crippen LogP) is 5.89. The Morgan fingerprint density at radius 3 is 2.20 bits per heavy atom. The number of halogens is 4. The van der Waals surface area contributed by atoms with Gasteiger partial charge in [0.15, 0.2) is 0 Å². The van der Waals surface area contributed by atoms with Crippen LogP contribution in [0.25, 0.3) is 0 Å². The second-order valence-electron chi connectivity index (χ2n) is 9.24. The van der Waals surface area contributed by atoms with E-state index in [1.807, 2.05) is 6.92 Å². The van der Waals surface area contributed by atoms with Gasteiger partial charge in [-0.1, -0.05) is 61.8 Å². The van der Waals surface area contributed by atoms with E-state index in [1.54, 1.807) is 37.3 Å². The summed E-state index contributed by atoms with van der Waals surface area (Å²) < 4.78 is 68.8. The maximum Gasteiger partial charge on any atom is 0.416 e. The van der Waals surface area contributed by atoms with Crippen molar-refractivity contribution in [3.63, 3.8) is 0 Å². The highest BCUT2D eigenvalue weighted by Crippen LogP contribution is 2.33. The fourth-order valence-corrected chi connectivity index (χ4v) is 5.71. The molecule has 0 saturated carbocycles. The molecule has 0 fully saturated rings. The van der Waals surface area contributed by atoms with Crippen LogP contribution in [0.5, 0.6) is 0 Å². The molecule has 0 saturated heterocycles. The summed E-state index contributed by atoms with van der Waals surface area (Å²) in [7, 11) is -4.49. The topological polar surface area (TPSA) is 86.8 Å². The van der Waals surface area contributed by atoms with Gasteiger partial charge in [-0.3, -0.25) is 13.9 Å². The Morgan fingerprint density at radius 1 is 0.951 bits per heavy atom. The van der Waals surface area contributed by atoms with Crippen LogP contribution in [0.2, 0.25) is 5.02 Å². The molecule has 12 heteroatoms. The van der Waals surface area contributed by atoms with Gasteiger partial charge in [-0.2, -0.15) is 13.2 Å². The number of anilines is 1. The fraction of sp³-hybridized carbons (Fsp3) is 0.310. The SMILES string of the molecule is CCCNC(=O)[C@H](CC)N(Cc1ccc(Cl)cc1)C(=O)CN(c1cccc(C(F)(F)F)c1)S(=O)(=O)c1ccccc1. The summed E-state index contributed by atoms with van der Waals surface area (Å²) in [5.41, 5.74) is -0.785. The molecule has 1 atom stereocenters. The highest BCUT2D eigenvalue weighted by atomic mass is 35.5. The van der Waals surface area contributed by atoms with E-state index in [0.717, 1.165) is 12.1 Å². The largest absolute Gasteiger partial charge is 0.416 e. The lowest BCUT2D eigenvalue weighted by Crippen LogP contribution is -2.52. The first-order chi connectivity index (χ1) is 19.4. The van der Waals surface area contributed by atoms with Crippen molar-refractivity contribution < 1.29 is 31.2 Å². The van der Waals surface area contributed by atoms with E-state index in [9.17, 15) is 31.2 Å². The molecule has 0 bridgehead atoms. The van der Waals surface area contributed by atoms with Crippen LogP contribution in [0.3, 0.4) is 0 Å². The van der Waals surface area contributed by atoms with Crippen LogP contribution < -0.4 is 9.62 Å². The average molecular weight is 610 g/mol. The van der Waals surface area contributed by atoms with E-state index in [1.165, 1.54) is 35.2 Å². The third-order valence-electron chi connectivity index (χ3n) is 6.27. The van der Waals surface area contributed by atoms with Gasteiger partial charge in [-0.05, 0) is 60.9 Å². The maximum absolute atomic E-state index is 13.9. The third kappa shape index (κ3) is 8.23. The summed E-state index contributed by atoms with van der Waals surface area (Å²) in [5.74, 6) is -1.19. The Labute approximate surface area is 243 Å². The number of benzene rings is 3. The average Bonchev–Trinajstić information content (AvgIpc) is 2.95. The van der Waals surface area contributed by atoms with Crippen molar-refractivity contribution in [3.8, 4) is 0 Å². The highest BCUT2D eigenvalue weighted by Gasteiger charge is 2.35. The van der Waals surface area contributed by atoms with Crippen LogP contribution in [-0.2, 0) is 32.3 Å². The number of sulfonamides is 1. The number of nitrogens with one attached hydrogen (secondary N) is 1. The summed E-state index contributed by atoms with van der Waals surface area (Å²) in [6.45, 7) is 3.06. The van der Waals surface area contributed by atoms with Crippen LogP contribution in [0, 0.1) is 0 Å². The molecule has 1 N–H and O–H groups in total. The van der Waals surface area contributed by atoms with Crippen molar-refractivity contribution in [1.82, 2.24) is 10.2 Å². The number of carbonyl (C=O) groups excluding carboxylic acids is 2. The molecule has 0 radical (unpaired) electrons. The zero-order valence-electron chi connectivity index (χ0n) is 22.6. The van der Waals surface area contributed by atoms with Crippen molar-refractivity contribution in [2.75, 3.05) is 17.4 Å². The Hall–Kier alpha value is -3.57. The van der Waals surface area contributed by atoms with Gasteiger partial charge in [0, 0.05) is 18.1 Å². The molecule has 220 valence electrons. The number of alkyl halides is 3. The normalized spacial score (nSPS) is 12.4. The second kappa shape index (κ2) is 13.9. The third-order valence-corrected chi connectivity index (χ3v) is 8.31. The second-order valence-corrected chi connectivity index (χ2v) is 11.5. The quantitative estimate of drug-likeness (QED) is 0.278. The van der Waals surface area contributed by atoms with Crippen LogP contribution in [-0.4, -0.2) is 44.3 Å². The van der Waals surface area contributed by atoms with Crippen molar-refractivity contribution in [2.45, 2.75) is 50.3 Å². The van der Waals surface area contributed by atoms with Gasteiger partial charge in [0.2, 0.25) is 11.8 Å². The van der Waals surface area contributed by atoms with Gasteiger partial charge in [-0.15, -0.1) is 0 Å². The molecule has 0 aliphatic carbocycles. The Morgan fingerprint density at radius 2 is 1.61 bits per heavy atom. The van der Waals surface area contributed by atoms with Gasteiger partial charge in [-0.25, -0.2) is 8.42 Å². The van der Waals surface area contributed by atoms with Crippen molar-refractivity contribution >= 4 is 39.1 Å². The molecule has 3 rings (SSSR count). The first kappa shape index (κ1) is 32.0. The number of nitrogens with zero attached hydrogens (tertiary/aromatic N) is 2. The van der Waals surface area contributed by atoms with E-state index in [4.69, 9.17) is 11.6 Å². The molecule has 0 aromatic heterocycles. The number of rotatable bonds is 12. The predicted molar refractivity (Wildman–Crippen MR) is 152 cm³/mol. The molecular formula is C29H31ClF3N3O4S. The highest BCUT2D eigenvalue weighted by molar-refractivity contribution is 7.92. The van der Waals surface area contributed by atoms with E-state index < -0.39 is 46.2 Å². The molecule has 2 amide bonds. The summed E-state index contributed by atoms with van der Waals surface area (Å²) in [6.07, 6.45) is -3.87. The van der Waals surface area contributed by atoms with Crippen molar-refractivity contribution in [2.24, 2.45) is 0 Å². The first-order valence-corrected chi connectivity index (χ1v) is 14.8. The summed E-state index contributed by atoms with van der Waals surface area (Å²) in [6, 6.07) is 16.5. The zero-order valence-corrected chi connectivity index (χ0v) is 24.1. The Kier molecular flexibility index (Phi) is 10.8. The standard InChI is InChI=1S/C29H31ClF3N3O4S/c1-3-17-34-28(38)26(4-2)35(19-21-13-15-23(30)16-14-21)27(37)20-36(41(39,40)25-11-6-5-7-12-25)24-10-8-9-22(18-24)29(31,32)33/h5-16,18,26H,3-4,17,19-20H2,1-2H3,(H,34,38)/t26-/m0/s1. The van der Waals surface area contributed by atoms with E-state index in [2.05, 4.69) is 5.32 Å². The van der Waals surface area contributed by atoms with Crippen LogP contribution in [0.15, 0.2) is 83.8 Å². The molecule has 3 aromatic carbocycles. The Balaban J connectivity index is 2.09. The molecule has 41 heavy (non-hydrogen) atoms. The van der Waals surface area contributed by atoms with Crippen LogP contribution >= 0.6 is 11.6 Å². The number of hydrogen-bond acceptors (Lipinski definition) is 4. The minimum Gasteiger partial charge on any atom is -0.354 e. The summed E-state index contributed by atoms with van der Waals surface area (Å²) in [5, 5.41) is 3.23. The molecule has 0 heterocycles. The maximum atomic E-state index is 13.9. The molecule has 3 aromatic rings. The zero-order chi connectivity index (χ0) is 30.2. The van der Waals surface area contributed by atoms with E-state index >= 15 is 0 Å². The molecule has 0 aliphatic heterocycles. The lowest BCUT2D eigenvalue weighted by molar-refractivity contribution is -0.140. The molecule has 0 unspecified atom stereocenters. The lowest BCUT2D eigenvalue weighted by atomic mass is 10.1. The molecule has 0 aliphatic rings. The minimum absolute atomic E-state index is 0.0597. The van der Waals surface area contributed by atoms with Gasteiger partial charge in [0.05, 0.1) is 16.1 Å².